The Morgan fingerprint density at radius 1 is 1.42 bits per heavy atom. The summed E-state index contributed by atoms with van der Waals surface area (Å²) in [5.41, 5.74) is 5.39. The average Bonchev–Trinajstić information content (AvgIpc) is 2.35. The van der Waals surface area contributed by atoms with Crippen molar-refractivity contribution >= 4 is 15.7 Å². The maximum atomic E-state index is 11.9. The van der Waals surface area contributed by atoms with E-state index in [1.54, 1.807) is 6.07 Å². The summed E-state index contributed by atoms with van der Waals surface area (Å²) < 4.78 is 26.3. The second-order valence-corrected chi connectivity index (χ2v) is 5.86. The highest BCUT2D eigenvalue weighted by Gasteiger charge is 2.21. The van der Waals surface area contributed by atoms with Gasteiger partial charge in [0.05, 0.1) is 10.7 Å². The molecule has 0 spiro atoms. The molecule has 0 bridgehead atoms. The number of hydrogen-bond acceptors (Lipinski definition) is 5. The second-order valence-electron chi connectivity index (χ2n) is 4.10. The molecule has 0 saturated carbocycles. The summed E-state index contributed by atoms with van der Waals surface area (Å²) in [4.78, 5) is 10.2. The van der Waals surface area contributed by atoms with Crippen molar-refractivity contribution in [2.24, 2.45) is 5.73 Å². The van der Waals surface area contributed by atoms with Gasteiger partial charge >= 0.3 is 0 Å². The van der Waals surface area contributed by atoms with Crippen molar-refractivity contribution in [3.05, 3.63) is 39.9 Å². The van der Waals surface area contributed by atoms with Crippen molar-refractivity contribution in [2.75, 3.05) is 6.54 Å². The van der Waals surface area contributed by atoms with Gasteiger partial charge in [-0.2, -0.15) is 0 Å². The third kappa shape index (κ3) is 4.58. The number of nitrogens with zero attached hydrogens (tertiary/aromatic N) is 1. The molecule has 7 nitrogen and oxygen atoms in total. The van der Waals surface area contributed by atoms with Gasteiger partial charge in [0.25, 0.3) is 5.69 Å². The summed E-state index contributed by atoms with van der Waals surface area (Å²) in [5.74, 6) is -0.430. The van der Waals surface area contributed by atoms with Crippen molar-refractivity contribution in [1.29, 1.82) is 0 Å². The summed E-state index contributed by atoms with van der Waals surface area (Å²) in [5, 5.41) is 10.8. The Morgan fingerprint density at radius 3 is 2.58 bits per heavy atom. The zero-order valence-corrected chi connectivity index (χ0v) is 11.4. The van der Waals surface area contributed by atoms with Gasteiger partial charge in [0.2, 0.25) is 10.0 Å². The molecule has 0 saturated heterocycles. The molecule has 0 amide bonds. The van der Waals surface area contributed by atoms with E-state index in [0.29, 0.717) is 6.42 Å². The van der Waals surface area contributed by atoms with E-state index in [0.717, 1.165) is 0 Å². The number of nitro benzene ring substituents is 1. The molecular weight excluding hydrogens is 270 g/mol. The smallest absolute Gasteiger partial charge is 0.273 e. The number of nitro groups is 1. The van der Waals surface area contributed by atoms with Gasteiger partial charge in [0, 0.05) is 24.2 Å². The number of nitrogens with one attached hydrogen (secondary N) is 1. The molecule has 19 heavy (non-hydrogen) atoms. The number of nitrogens with two attached hydrogens (primary N) is 1. The molecule has 0 aliphatic carbocycles. The van der Waals surface area contributed by atoms with Crippen molar-refractivity contribution in [3.63, 3.8) is 0 Å². The quantitative estimate of drug-likeness (QED) is 0.567. The first-order valence-corrected chi connectivity index (χ1v) is 7.47. The van der Waals surface area contributed by atoms with Crippen LogP contribution >= 0.6 is 0 Å². The highest BCUT2D eigenvalue weighted by Crippen LogP contribution is 2.19. The fraction of sp³-hybridized carbons (Fsp3) is 0.455. The molecule has 0 radical (unpaired) electrons. The molecule has 3 N–H and O–H groups in total. The number of benzene rings is 1. The Balaban J connectivity index is 2.93. The molecule has 0 aromatic heterocycles. The maximum Gasteiger partial charge on any atom is 0.273 e. The van der Waals surface area contributed by atoms with E-state index in [4.69, 9.17) is 5.73 Å². The lowest BCUT2D eigenvalue weighted by molar-refractivity contribution is -0.385. The van der Waals surface area contributed by atoms with Crippen LogP contribution in [0.25, 0.3) is 0 Å². The predicted molar refractivity (Wildman–Crippen MR) is 72.0 cm³/mol. The fourth-order valence-electron chi connectivity index (χ4n) is 1.61. The molecule has 0 aliphatic heterocycles. The van der Waals surface area contributed by atoms with Crippen molar-refractivity contribution < 1.29 is 13.3 Å². The Bertz CT molecular complexity index is 541. The van der Waals surface area contributed by atoms with E-state index < -0.39 is 20.7 Å². The van der Waals surface area contributed by atoms with Crippen LogP contribution in [0, 0.1) is 10.1 Å². The second kappa shape index (κ2) is 6.60. The summed E-state index contributed by atoms with van der Waals surface area (Å²) in [6.45, 7) is 2.00. The van der Waals surface area contributed by atoms with E-state index in [1.807, 2.05) is 6.92 Å². The van der Waals surface area contributed by atoms with Crippen LogP contribution in [0.5, 0.6) is 0 Å². The molecule has 1 rings (SSSR count). The van der Waals surface area contributed by atoms with E-state index in [9.17, 15) is 18.5 Å². The minimum atomic E-state index is -3.65. The third-order valence-electron chi connectivity index (χ3n) is 2.66. The molecule has 106 valence electrons. The Hall–Kier alpha value is -1.51. The molecule has 0 fully saturated rings. The SMILES string of the molecule is CCC(CN)NS(=O)(=O)Cc1ccccc1[N+](=O)[O-]. The first kappa shape index (κ1) is 15.5. The van der Waals surface area contributed by atoms with Crippen LogP contribution in [-0.4, -0.2) is 25.9 Å². The van der Waals surface area contributed by atoms with E-state index in [-0.39, 0.29) is 23.8 Å². The van der Waals surface area contributed by atoms with Crippen LogP contribution < -0.4 is 10.5 Å². The van der Waals surface area contributed by atoms with Gasteiger partial charge in [-0.25, -0.2) is 13.1 Å². The number of sulfonamides is 1. The fourth-order valence-corrected chi connectivity index (χ4v) is 3.12. The molecule has 1 aromatic rings. The topological polar surface area (TPSA) is 115 Å². The number of hydrogen-bond donors (Lipinski definition) is 2. The van der Waals surface area contributed by atoms with Crippen LogP contribution in [0.15, 0.2) is 24.3 Å². The molecular formula is C11H17N3O4S. The van der Waals surface area contributed by atoms with Gasteiger partial charge in [-0.15, -0.1) is 0 Å². The monoisotopic (exact) mass is 287 g/mol. The minimum Gasteiger partial charge on any atom is -0.329 e. The van der Waals surface area contributed by atoms with Gasteiger partial charge in [0.1, 0.15) is 0 Å². The van der Waals surface area contributed by atoms with E-state index in [2.05, 4.69) is 4.72 Å². The van der Waals surface area contributed by atoms with Crippen LogP contribution in [-0.2, 0) is 15.8 Å². The lowest BCUT2D eigenvalue weighted by Gasteiger charge is -2.14. The summed E-state index contributed by atoms with van der Waals surface area (Å²) in [7, 11) is -3.65. The van der Waals surface area contributed by atoms with Gasteiger partial charge in [-0.3, -0.25) is 10.1 Å². The first-order valence-electron chi connectivity index (χ1n) is 5.82. The standard InChI is InChI=1S/C11H17N3O4S/c1-2-10(7-12)13-19(17,18)8-9-5-3-4-6-11(9)14(15)16/h3-6,10,13H,2,7-8,12H2,1H3. The molecule has 8 heteroatoms. The molecule has 1 unspecified atom stereocenters. The lowest BCUT2D eigenvalue weighted by Crippen LogP contribution is -2.40. The molecule has 0 aliphatic rings. The zero-order valence-electron chi connectivity index (χ0n) is 10.6. The highest BCUT2D eigenvalue weighted by molar-refractivity contribution is 7.88. The molecule has 0 heterocycles. The summed E-state index contributed by atoms with van der Waals surface area (Å²) in [6, 6.07) is 5.42. The largest absolute Gasteiger partial charge is 0.329 e. The first-order chi connectivity index (χ1) is 8.89. The third-order valence-corrected chi connectivity index (χ3v) is 4.04. The van der Waals surface area contributed by atoms with E-state index >= 15 is 0 Å². The Kier molecular flexibility index (Phi) is 5.40. The van der Waals surface area contributed by atoms with Gasteiger partial charge in [-0.1, -0.05) is 25.1 Å². The molecule has 1 atom stereocenters. The van der Waals surface area contributed by atoms with Crippen LogP contribution in [0.1, 0.15) is 18.9 Å². The Morgan fingerprint density at radius 2 is 2.05 bits per heavy atom. The van der Waals surface area contributed by atoms with Gasteiger partial charge in [-0.05, 0) is 6.42 Å². The van der Waals surface area contributed by atoms with Crippen molar-refractivity contribution in [2.45, 2.75) is 25.1 Å². The number of rotatable bonds is 7. The van der Waals surface area contributed by atoms with E-state index in [1.165, 1.54) is 18.2 Å². The highest BCUT2D eigenvalue weighted by atomic mass is 32.2. The molecule has 1 aromatic carbocycles. The normalized spacial score (nSPS) is 13.2. The number of para-hydroxylation sites is 1. The lowest BCUT2D eigenvalue weighted by atomic mass is 10.2. The van der Waals surface area contributed by atoms with Crippen LogP contribution in [0.2, 0.25) is 0 Å². The zero-order chi connectivity index (χ0) is 14.5. The Labute approximate surface area is 112 Å². The minimum absolute atomic E-state index is 0.159. The van der Waals surface area contributed by atoms with Gasteiger partial charge in [0.15, 0.2) is 0 Å². The average molecular weight is 287 g/mol. The van der Waals surface area contributed by atoms with Gasteiger partial charge < -0.3 is 5.73 Å². The predicted octanol–water partition coefficient (Wildman–Crippen LogP) is 0.752. The van der Waals surface area contributed by atoms with Crippen LogP contribution in [0.3, 0.4) is 0 Å². The van der Waals surface area contributed by atoms with Crippen molar-refractivity contribution in [3.8, 4) is 0 Å². The van der Waals surface area contributed by atoms with Crippen LogP contribution in [0.4, 0.5) is 5.69 Å². The van der Waals surface area contributed by atoms with Crippen molar-refractivity contribution in [1.82, 2.24) is 4.72 Å². The summed E-state index contributed by atoms with van der Waals surface area (Å²) in [6.07, 6.45) is 0.562. The summed E-state index contributed by atoms with van der Waals surface area (Å²) >= 11 is 0. The maximum absolute atomic E-state index is 11.9.